The van der Waals surface area contributed by atoms with Gasteiger partial charge in [0.05, 0.1) is 11.4 Å². The molecule has 0 spiro atoms. The quantitative estimate of drug-likeness (QED) is 0.396. The molecular weight excluding hydrogens is 494 g/mol. The minimum Gasteiger partial charge on any atom is -0.454 e. The van der Waals surface area contributed by atoms with E-state index in [9.17, 15) is 18.0 Å². The van der Waals surface area contributed by atoms with Crippen LogP contribution < -0.4 is 19.1 Å². The van der Waals surface area contributed by atoms with Crippen LogP contribution in [-0.4, -0.2) is 56.8 Å². The van der Waals surface area contributed by atoms with Crippen molar-refractivity contribution in [2.24, 2.45) is 0 Å². The molecule has 0 aromatic heterocycles. The van der Waals surface area contributed by atoms with Crippen molar-refractivity contribution < 1.29 is 27.5 Å². The second-order valence-corrected chi connectivity index (χ2v) is 11.1. The van der Waals surface area contributed by atoms with Crippen molar-refractivity contribution in [2.75, 3.05) is 29.9 Å². The Balaban J connectivity index is 1.96. The molecule has 10 heteroatoms. The Morgan fingerprint density at radius 3 is 2.46 bits per heavy atom. The Morgan fingerprint density at radius 1 is 1.05 bits per heavy atom. The maximum absolute atomic E-state index is 13.9. The molecule has 2 aromatic carbocycles. The number of anilines is 1. The highest BCUT2D eigenvalue weighted by molar-refractivity contribution is 7.92. The minimum atomic E-state index is -3.82. The van der Waals surface area contributed by atoms with Gasteiger partial charge in [0.2, 0.25) is 28.6 Å². The van der Waals surface area contributed by atoms with Gasteiger partial charge < -0.3 is 19.7 Å². The fourth-order valence-electron chi connectivity index (χ4n) is 4.16. The van der Waals surface area contributed by atoms with Gasteiger partial charge in [0.15, 0.2) is 11.5 Å². The fourth-order valence-corrected chi connectivity index (χ4v) is 5.21. The van der Waals surface area contributed by atoms with E-state index in [-0.39, 0.29) is 25.0 Å². The molecule has 2 amide bonds. The number of nitrogens with zero attached hydrogens (tertiary/aromatic N) is 2. The molecule has 3 rings (SSSR count). The van der Waals surface area contributed by atoms with Crippen molar-refractivity contribution in [3.63, 3.8) is 0 Å². The summed E-state index contributed by atoms with van der Waals surface area (Å²) in [5.74, 6) is 0.0299. The summed E-state index contributed by atoms with van der Waals surface area (Å²) in [6, 6.07) is 11.7. The Morgan fingerprint density at radius 2 is 1.78 bits per heavy atom. The molecule has 202 valence electrons. The van der Waals surface area contributed by atoms with Crippen molar-refractivity contribution >= 4 is 27.5 Å². The van der Waals surface area contributed by atoms with Gasteiger partial charge in [-0.15, -0.1) is 0 Å². The van der Waals surface area contributed by atoms with Crippen molar-refractivity contribution in [1.82, 2.24) is 10.2 Å². The number of fused-ring (bicyclic) bond motifs is 1. The van der Waals surface area contributed by atoms with E-state index >= 15 is 0 Å². The molecule has 0 aliphatic carbocycles. The van der Waals surface area contributed by atoms with E-state index in [1.807, 2.05) is 45.0 Å². The van der Waals surface area contributed by atoms with E-state index < -0.39 is 28.5 Å². The molecule has 1 N–H and O–H groups in total. The number of hydrogen-bond donors (Lipinski definition) is 1. The largest absolute Gasteiger partial charge is 0.454 e. The summed E-state index contributed by atoms with van der Waals surface area (Å²) in [6.07, 6.45) is 2.16. The predicted molar refractivity (Wildman–Crippen MR) is 143 cm³/mol. The Labute approximate surface area is 219 Å². The maximum atomic E-state index is 13.9. The highest BCUT2D eigenvalue weighted by atomic mass is 32.2. The number of carbonyl (C=O) groups is 2. The molecule has 9 nitrogen and oxygen atoms in total. The van der Waals surface area contributed by atoms with Crippen molar-refractivity contribution in [3.8, 4) is 11.5 Å². The Hall–Kier alpha value is -3.27. The standard InChI is InChI=1S/C27H37N3O6S/c1-5-8-15-28-27(32)23(6-2)29(17-21-12-10-9-11-20(21)4)26(31)18-30(37(33,34)7-3)22-13-14-24-25(16-22)36-19-35-24/h9-14,16,23H,5-8,15,17-19H2,1-4H3,(H,28,32). The molecule has 1 atom stereocenters. The average Bonchev–Trinajstić information content (AvgIpc) is 3.36. The van der Waals surface area contributed by atoms with Crippen LogP contribution in [0.4, 0.5) is 5.69 Å². The number of aryl methyl sites for hydroxylation is 1. The molecule has 1 aliphatic heterocycles. The summed E-state index contributed by atoms with van der Waals surface area (Å²) in [7, 11) is -3.82. The van der Waals surface area contributed by atoms with Gasteiger partial charge in [-0.25, -0.2) is 8.42 Å². The maximum Gasteiger partial charge on any atom is 0.244 e. The van der Waals surface area contributed by atoms with Crippen LogP contribution >= 0.6 is 0 Å². The van der Waals surface area contributed by atoms with Crippen molar-refractivity contribution in [2.45, 2.75) is 59.5 Å². The first-order valence-electron chi connectivity index (χ1n) is 12.7. The van der Waals surface area contributed by atoms with E-state index in [0.717, 1.165) is 28.3 Å². The van der Waals surface area contributed by atoms with Crippen LogP contribution in [-0.2, 0) is 26.2 Å². The zero-order valence-corrected chi connectivity index (χ0v) is 22.8. The molecule has 0 bridgehead atoms. The Kier molecular flexibility index (Phi) is 9.79. The third-order valence-corrected chi connectivity index (χ3v) is 8.18. The molecule has 0 saturated carbocycles. The summed E-state index contributed by atoms with van der Waals surface area (Å²) in [5.41, 5.74) is 2.18. The molecular formula is C27H37N3O6S. The first-order valence-corrected chi connectivity index (χ1v) is 14.3. The molecule has 0 radical (unpaired) electrons. The normalized spacial score (nSPS) is 13.2. The highest BCUT2D eigenvalue weighted by Gasteiger charge is 2.33. The minimum absolute atomic E-state index is 0.0494. The van der Waals surface area contributed by atoms with E-state index in [2.05, 4.69) is 5.32 Å². The molecule has 1 heterocycles. The van der Waals surface area contributed by atoms with Crippen LogP contribution in [0.1, 0.15) is 51.2 Å². The van der Waals surface area contributed by atoms with Gasteiger partial charge in [-0.1, -0.05) is 44.5 Å². The van der Waals surface area contributed by atoms with Gasteiger partial charge in [0.1, 0.15) is 12.6 Å². The Bertz CT molecular complexity index is 1200. The van der Waals surface area contributed by atoms with E-state index in [1.54, 1.807) is 18.2 Å². The van der Waals surface area contributed by atoms with E-state index in [0.29, 0.717) is 30.2 Å². The zero-order valence-electron chi connectivity index (χ0n) is 22.0. The first-order chi connectivity index (χ1) is 17.7. The molecule has 2 aromatic rings. The average molecular weight is 532 g/mol. The number of sulfonamides is 1. The van der Waals surface area contributed by atoms with Gasteiger partial charge in [-0.2, -0.15) is 0 Å². The van der Waals surface area contributed by atoms with Crippen LogP contribution in [0.25, 0.3) is 0 Å². The second kappa shape index (κ2) is 12.8. The van der Waals surface area contributed by atoms with Crippen LogP contribution in [0.15, 0.2) is 42.5 Å². The van der Waals surface area contributed by atoms with Crippen LogP contribution in [0.2, 0.25) is 0 Å². The number of ether oxygens (including phenoxy) is 2. The first kappa shape index (κ1) is 28.3. The number of rotatable bonds is 13. The van der Waals surface area contributed by atoms with Gasteiger partial charge in [-0.3, -0.25) is 13.9 Å². The number of unbranched alkanes of at least 4 members (excludes halogenated alkanes) is 1. The number of amides is 2. The SMILES string of the molecule is CCCCNC(=O)C(CC)N(Cc1ccccc1C)C(=O)CN(c1ccc2c(c1)OCO2)S(=O)(=O)CC. The molecule has 0 saturated heterocycles. The number of hydrogen-bond acceptors (Lipinski definition) is 6. The van der Waals surface area contributed by atoms with E-state index in [4.69, 9.17) is 9.47 Å². The smallest absolute Gasteiger partial charge is 0.244 e. The van der Waals surface area contributed by atoms with Crippen LogP contribution in [0.5, 0.6) is 11.5 Å². The predicted octanol–water partition coefficient (Wildman–Crippen LogP) is 3.60. The van der Waals surface area contributed by atoms with Crippen LogP contribution in [0, 0.1) is 6.92 Å². The number of benzene rings is 2. The number of carbonyl (C=O) groups excluding carboxylic acids is 2. The summed E-state index contributed by atoms with van der Waals surface area (Å²) in [4.78, 5) is 28.5. The lowest BCUT2D eigenvalue weighted by Gasteiger charge is -2.33. The lowest BCUT2D eigenvalue weighted by molar-refractivity contribution is -0.140. The van der Waals surface area contributed by atoms with Gasteiger partial charge in [0.25, 0.3) is 0 Å². The number of nitrogens with one attached hydrogen (secondary N) is 1. The second-order valence-electron chi connectivity index (χ2n) is 8.96. The summed E-state index contributed by atoms with van der Waals surface area (Å²) >= 11 is 0. The monoisotopic (exact) mass is 531 g/mol. The lowest BCUT2D eigenvalue weighted by atomic mass is 10.1. The van der Waals surface area contributed by atoms with Crippen molar-refractivity contribution in [3.05, 3.63) is 53.6 Å². The fraction of sp³-hybridized carbons (Fsp3) is 0.481. The van der Waals surface area contributed by atoms with Gasteiger partial charge >= 0.3 is 0 Å². The summed E-state index contributed by atoms with van der Waals surface area (Å²) < 4.78 is 38.1. The highest BCUT2D eigenvalue weighted by Crippen LogP contribution is 2.36. The molecule has 1 aliphatic rings. The summed E-state index contributed by atoms with van der Waals surface area (Å²) in [6.45, 7) is 7.67. The molecule has 1 unspecified atom stereocenters. The third-order valence-electron chi connectivity index (χ3n) is 6.44. The van der Waals surface area contributed by atoms with Gasteiger partial charge in [0, 0.05) is 19.2 Å². The van der Waals surface area contributed by atoms with Gasteiger partial charge in [-0.05, 0) is 49.9 Å². The topological polar surface area (TPSA) is 105 Å². The van der Waals surface area contributed by atoms with Crippen molar-refractivity contribution in [1.29, 1.82) is 0 Å². The summed E-state index contributed by atoms with van der Waals surface area (Å²) in [5, 5.41) is 2.93. The van der Waals surface area contributed by atoms with E-state index in [1.165, 1.54) is 11.8 Å². The zero-order chi connectivity index (χ0) is 27.0. The lowest BCUT2D eigenvalue weighted by Crippen LogP contribution is -2.52. The third kappa shape index (κ3) is 6.94. The van der Waals surface area contributed by atoms with Crippen LogP contribution in [0.3, 0.4) is 0 Å². The molecule has 37 heavy (non-hydrogen) atoms. The molecule has 0 fully saturated rings.